The van der Waals surface area contributed by atoms with E-state index in [0.29, 0.717) is 18.6 Å². The molecule has 0 aromatic heterocycles. The second-order valence-corrected chi connectivity index (χ2v) is 4.58. The fourth-order valence-corrected chi connectivity index (χ4v) is 2.39. The number of hydrogen-bond acceptors (Lipinski definition) is 2. The summed E-state index contributed by atoms with van der Waals surface area (Å²) < 4.78 is 18.4. The Labute approximate surface area is 101 Å². The predicted molar refractivity (Wildman–Crippen MR) is 63.6 cm³/mol. The average Bonchev–Trinajstić information content (AvgIpc) is 2.32. The highest BCUT2D eigenvalue weighted by Gasteiger charge is 2.22. The lowest BCUT2D eigenvalue weighted by Crippen LogP contribution is -2.21. The number of carbonyl (C=O) groups excluding carboxylic acids is 1. The summed E-state index contributed by atoms with van der Waals surface area (Å²) >= 11 is 0. The highest BCUT2D eigenvalue weighted by Crippen LogP contribution is 2.26. The molecule has 1 saturated carbocycles. The van der Waals surface area contributed by atoms with Gasteiger partial charge in [0, 0.05) is 12.3 Å². The Balaban J connectivity index is 2.07. The minimum atomic E-state index is -0.353. The Morgan fingerprint density at radius 1 is 1.41 bits per heavy atom. The summed E-state index contributed by atoms with van der Waals surface area (Å²) in [4.78, 5) is 11.7. The molecule has 0 spiro atoms. The Bertz CT molecular complexity index is 415. The van der Waals surface area contributed by atoms with Crippen LogP contribution < -0.4 is 4.74 Å². The molecule has 1 aromatic rings. The van der Waals surface area contributed by atoms with Gasteiger partial charge in [-0.25, -0.2) is 4.39 Å². The third-order valence-electron chi connectivity index (χ3n) is 3.38. The molecule has 0 saturated heterocycles. The second kappa shape index (κ2) is 5.30. The first kappa shape index (κ1) is 12.1. The summed E-state index contributed by atoms with van der Waals surface area (Å²) in [5.41, 5.74) is 0.878. The third kappa shape index (κ3) is 2.84. The van der Waals surface area contributed by atoms with Gasteiger partial charge in [0.25, 0.3) is 0 Å². The standard InChI is InChI=1S/C14H17FO2/c1-17-14-7-6-10(9-12(14)15)8-11-4-2-3-5-13(11)16/h6-7,9,11H,2-5,8H2,1H3. The van der Waals surface area contributed by atoms with Crippen LogP contribution in [0.3, 0.4) is 0 Å². The van der Waals surface area contributed by atoms with Gasteiger partial charge in [0.2, 0.25) is 0 Å². The molecule has 17 heavy (non-hydrogen) atoms. The van der Waals surface area contributed by atoms with Gasteiger partial charge in [-0.1, -0.05) is 12.5 Å². The van der Waals surface area contributed by atoms with Crippen molar-refractivity contribution < 1.29 is 13.9 Å². The molecule has 3 heteroatoms. The number of carbonyl (C=O) groups is 1. The van der Waals surface area contributed by atoms with Crippen LogP contribution in [0.4, 0.5) is 4.39 Å². The number of ketones is 1. The first-order valence-corrected chi connectivity index (χ1v) is 6.06. The molecule has 0 aliphatic heterocycles. The maximum absolute atomic E-state index is 13.5. The van der Waals surface area contributed by atoms with Crippen molar-refractivity contribution in [3.8, 4) is 5.75 Å². The molecule has 2 nitrogen and oxygen atoms in total. The molecule has 1 fully saturated rings. The predicted octanol–water partition coefficient (Wildman–Crippen LogP) is 3.14. The van der Waals surface area contributed by atoms with Crippen molar-refractivity contribution >= 4 is 5.78 Å². The van der Waals surface area contributed by atoms with E-state index in [1.165, 1.54) is 13.2 Å². The summed E-state index contributed by atoms with van der Waals surface area (Å²) in [5.74, 6) is 0.306. The topological polar surface area (TPSA) is 26.3 Å². The molecule has 1 aliphatic carbocycles. The molecule has 0 N–H and O–H groups in total. The van der Waals surface area contributed by atoms with Crippen molar-refractivity contribution in [1.29, 1.82) is 0 Å². The molecule has 92 valence electrons. The Hall–Kier alpha value is -1.38. The maximum atomic E-state index is 13.5. The molecule has 0 bridgehead atoms. The molecule has 0 amide bonds. The Morgan fingerprint density at radius 2 is 2.24 bits per heavy atom. The SMILES string of the molecule is COc1ccc(CC2CCCCC2=O)cc1F. The lowest BCUT2D eigenvalue weighted by molar-refractivity contribution is -0.124. The molecule has 2 rings (SSSR count). The molecule has 1 unspecified atom stereocenters. The summed E-state index contributed by atoms with van der Waals surface area (Å²) in [7, 11) is 1.45. The monoisotopic (exact) mass is 236 g/mol. The van der Waals surface area contributed by atoms with Gasteiger partial charge in [0.15, 0.2) is 11.6 Å². The molecular weight excluding hydrogens is 219 g/mol. The first-order chi connectivity index (χ1) is 8.20. The number of hydrogen-bond donors (Lipinski definition) is 0. The van der Waals surface area contributed by atoms with Crippen molar-refractivity contribution in [3.05, 3.63) is 29.6 Å². The number of Topliss-reactive ketones (excluding diaryl/α,β-unsaturated/α-hetero) is 1. The van der Waals surface area contributed by atoms with Gasteiger partial charge in [-0.2, -0.15) is 0 Å². The smallest absolute Gasteiger partial charge is 0.165 e. The van der Waals surface area contributed by atoms with Crippen LogP contribution in [0.2, 0.25) is 0 Å². The third-order valence-corrected chi connectivity index (χ3v) is 3.38. The number of ether oxygens (including phenoxy) is 1. The second-order valence-electron chi connectivity index (χ2n) is 4.58. The summed E-state index contributed by atoms with van der Waals surface area (Å²) in [5, 5.41) is 0. The lowest BCUT2D eigenvalue weighted by Gasteiger charge is -2.20. The van der Waals surface area contributed by atoms with Crippen LogP contribution in [-0.2, 0) is 11.2 Å². The number of rotatable bonds is 3. The Morgan fingerprint density at radius 3 is 2.88 bits per heavy atom. The minimum Gasteiger partial charge on any atom is -0.494 e. The van der Waals surface area contributed by atoms with Gasteiger partial charge in [0.1, 0.15) is 5.78 Å². The minimum absolute atomic E-state index is 0.0801. The van der Waals surface area contributed by atoms with Gasteiger partial charge < -0.3 is 4.74 Å². The molecule has 1 aliphatic rings. The van der Waals surface area contributed by atoms with Gasteiger partial charge in [0.05, 0.1) is 7.11 Å². The average molecular weight is 236 g/mol. The van der Waals surface area contributed by atoms with E-state index in [0.717, 1.165) is 24.8 Å². The van der Waals surface area contributed by atoms with E-state index in [1.807, 2.05) is 6.07 Å². The number of benzene rings is 1. The lowest BCUT2D eigenvalue weighted by atomic mass is 9.84. The fourth-order valence-electron chi connectivity index (χ4n) is 2.39. The highest BCUT2D eigenvalue weighted by atomic mass is 19.1. The van der Waals surface area contributed by atoms with Crippen molar-refractivity contribution in [2.75, 3.05) is 7.11 Å². The number of halogens is 1. The number of methoxy groups -OCH3 is 1. The van der Waals surface area contributed by atoms with Crippen molar-refractivity contribution in [2.24, 2.45) is 5.92 Å². The van der Waals surface area contributed by atoms with Crippen LogP contribution in [0.15, 0.2) is 18.2 Å². The van der Waals surface area contributed by atoms with E-state index in [-0.39, 0.29) is 17.5 Å². The highest BCUT2D eigenvalue weighted by molar-refractivity contribution is 5.81. The van der Waals surface area contributed by atoms with Crippen LogP contribution in [0.5, 0.6) is 5.75 Å². The van der Waals surface area contributed by atoms with Crippen molar-refractivity contribution in [2.45, 2.75) is 32.1 Å². The Kier molecular flexibility index (Phi) is 3.77. The normalized spacial score (nSPS) is 20.4. The van der Waals surface area contributed by atoms with E-state index in [9.17, 15) is 9.18 Å². The van der Waals surface area contributed by atoms with E-state index in [2.05, 4.69) is 0 Å². The zero-order chi connectivity index (χ0) is 12.3. The maximum Gasteiger partial charge on any atom is 0.165 e. The molecule has 1 aromatic carbocycles. The fraction of sp³-hybridized carbons (Fsp3) is 0.500. The largest absolute Gasteiger partial charge is 0.494 e. The van der Waals surface area contributed by atoms with Crippen LogP contribution in [0, 0.1) is 11.7 Å². The van der Waals surface area contributed by atoms with Gasteiger partial charge in [-0.15, -0.1) is 0 Å². The molecule has 0 radical (unpaired) electrons. The zero-order valence-electron chi connectivity index (χ0n) is 10.0. The van der Waals surface area contributed by atoms with E-state index >= 15 is 0 Å². The van der Waals surface area contributed by atoms with Gasteiger partial charge in [-0.3, -0.25) is 4.79 Å². The molecule has 0 heterocycles. The van der Waals surface area contributed by atoms with E-state index < -0.39 is 0 Å². The summed E-state index contributed by atoms with van der Waals surface area (Å²) in [6.45, 7) is 0. The van der Waals surface area contributed by atoms with E-state index in [4.69, 9.17) is 4.74 Å². The van der Waals surface area contributed by atoms with Crippen LogP contribution >= 0.6 is 0 Å². The van der Waals surface area contributed by atoms with Crippen LogP contribution in [0.1, 0.15) is 31.2 Å². The van der Waals surface area contributed by atoms with Crippen LogP contribution in [0.25, 0.3) is 0 Å². The van der Waals surface area contributed by atoms with Gasteiger partial charge >= 0.3 is 0 Å². The summed E-state index contributed by atoms with van der Waals surface area (Å²) in [6, 6.07) is 4.93. The quantitative estimate of drug-likeness (QED) is 0.806. The van der Waals surface area contributed by atoms with Crippen LogP contribution in [-0.4, -0.2) is 12.9 Å². The van der Waals surface area contributed by atoms with Crippen molar-refractivity contribution in [1.82, 2.24) is 0 Å². The first-order valence-electron chi connectivity index (χ1n) is 6.06. The molecular formula is C14H17FO2. The summed E-state index contributed by atoms with van der Waals surface area (Å²) in [6.07, 6.45) is 4.39. The zero-order valence-corrected chi connectivity index (χ0v) is 10.0. The van der Waals surface area contributed by atoms with E-state index in [1.54, 1.807) is 6.07 Å². The molecule has 1 atom stereocenters. The van der Waals surface area contributed by atoms with Gasteiger partial charge in [-0.05, 0) is 37.0 Å². The van der Waals surface area contributed by atoms with Crippen molar-refractivity contribution in [3.63, 3.8) is 0 Å².